The standard InChI is InChI=1S/C14H16F2N2O4/c1-17(9-10-5-2-3-6-11(10)18(21)22)12(19)14(15,16)13(20)7-4-8-13/h2-3,5-6,20H,4,7-9H2,1H3. The normalized spacial score (nSPS) is 16.7. The number of nitro groups is 1. The van der Waals surface area contributed by atoms with Crippen molar-refractivity contribution in [1.82, 2.24) is 4.90 Å². The van der Waals surface area contributed by atoms with E-state index in [9.17, 15) is 28.8 Å². The van der Waals surface area contributed by atoms with Crippen LogP contribution in [0.1, 0.15) is 24.8 Å². The number of amides is 1. The summed E-state index contributed by atoms with van der Waals surface area (Å²) in [7, 11) is 1.13. The lowest BCUT2D eigenvalue weighted by atomic mass is 9.75. The Morgan fingerprint density at radius 2 is 2.05 bits per heavy atom. The Bertz CT molecular complexity index is 602. The van der Waals surface area contributed by atoms with E-state index in [4.69, 9.17) is 0 Å². The van der Waals surface area contributed by atoms with Crippen LogP contribution in [0, 0.1) is 10.1 Å². The number of aliphatic hydroxyl groups is 1. The minimum Gasteiger partial charge on any atom is -0.383 e. The SMILES string of the molecule is CN(Cc1ccccc1[N+](=O)[O-])C(=O)C(F)(F)C1(O)CCC1. The monoisotopic (exact) mass is 314 g/mol. The topological polar surface area (TPSA) is 83.7 Å². The van der Waals surface area contributed by atoms with Crippen molar-refractivity contribution in [1.29, 1.82) is 0 Å². The molecule has 0 aromatic heterocycles. The lowest BCUT2D eigenvalue weighted by Gasteiger charge is -2.42. The molecule has 0 radical (unpaired) electrons. The molecule has 8 heteroatoms. The fourth-order valence-electron chi connectivity index (χ4n) is 2.41. The van der Waals surface area contributed by atoms with E-state index in [0.29, 0.717) is 11.3 Å². The molecule has 0 unspecified atom stereocenters. The Balaban J connectivity index is 2.17. The summed E-state index contributed by atoms with van der Waals surface area (Å²) >= 11 is 0. The number of nitrogens with zero attached hydrogens (tertiary/aromatic N) is 2. The second kappa shape index (κ2) is 5.60. The minimum atomic E-state index is -3.90. The van der Waals surface area contributed by atoms with Crippen LogP contribution in [0.3, 0.4) is 0 Å². The summed E-state index contributed by atoms with van der Waals surface area (Å²) in [4.78, 5) is 22.9. The van der Waals surface area contributed by atoms with Crippen molar-refractivity contribution in [3.05, 3.63) is 39.9 Å². The molecule has 0 aliphatic heterocycles. The molecule has 1 amide bonds. The molecular formula is C14H16F2N2O4. The van der Waals surface area contributed by atoms with E-state index in [1.807, 2.05) is 0 Å². The molecule has 0 heterocycles. The van der Waals surface area contributed by atoms with E-state index < -0.39 is 22.4 Å². The molecule has 1 aliphatic rings. The third-order valence-corrected chi connectivity index (χ3v) is 3.98. The Morgan fingerprint density at radius 3 is 2.55 bits per heavy atom. The van der Waals surface area contributed by atoms with Gasteiger partial charge in [-0.2, -0.15) is 8.78 Å². The lowest BCUT2D eigenvalue weighted by Crippen LogP contribution is -2.60. The summed E-state index contributed by atoms with van der Waals surface area (Å²) in [5.41, 5.74) is -2.39. The summed E-state index contributed by atoms with van der Waals surface area (Å²) < 4.78 is 28.2. The highest BCUT2D eigenvalue weighted by Gasteiger charge is 2.61. The molecular weight excluding hydrogens is 298 g/mol. The second-order valence-corrected chi connectivity index (χ2v) is 5.51. The Labute approximate surface area is 125 Å². The highest BCUT2D eigenvalue weighted by atomic mass is 19.3. The molecule has 1 N–H and O–H groups in total. The lowest BCUT2D eigenvalue weighted by molar-refractivity contribution is -0.385. The minimum absolute atomic E-state index is 0.134. The Kier molecular flexibility index (Phi) is 4.15. The third kappa shape index (κ3) is 2.66. The van der Waals surface area contributed by atoms with Crippen LogP contribution in [0.15, 0.2) is 24.3 Å². The predicted octanol–water partition coefficient (Wildman–Crippen LogP) is 2.10. The molecule has 120 valence electrons. The zero-order valence-electron chi connectivity index (χ0n) is 12.0. The van der Waals surface area contributed by atoms with Gasteiger partial charge in [0.2, 0.25) is 0 Å². The smallest absolute Gasteiger partial charge is 0.352 e. The highest BCUT2D eigenvalue weighted by molar-refractivity contribution is 5.85. The van der Waals surface area contributed by atoms with E-state index in [0.717, 1.165) is 7.05 Å². The molecule has 6 nitrogen and oxygen atoms in total. The average molecular weight is 314 g/mol. The van der Waals surface area contributed by atoms with Crippen LogP contribution < -0.4 is 0 Å². The summed E-state index contributed by atoms with van der Waals surface area (Å²) in [5, 5.41) is 20.7. The first-order valence-electron chi connectivity index (χ1n) is 6.77. The van der Waals surface area contributed by atoms with Gasteiger partial charge in [0, 0.05) is 18.7 Å². The van der Waals surface area contributed by atoms with Crippen molar-refractivity contribution in [2.75, 3.05) is 7.05 Å². The van der Waals surface area contributed by atoms with E-state index in [2.05, 4.69) is 0 Å². The van der Waals surface area contributed by atoms with Gasteiger partial charge >= 0.3 is 5.92 Å². The van der Waals surface area contributed by atoms with Gasteiger partial charge in [-0.05, 0) is 19.3 Å². The number of carbonyl (C=O) groups is 1. The number of alkyl halides is 2. The van der Waals surface area contributed by atoms with E-state index in [1.54, 1.807) is 0 Å². The molecule has 1 fully saturated rings. The molecule has 0 saturated heterocycles. The van der Waals surface area contributed by atoms with Gasteiger partial charge < -0.3 is 10.0 Å². The van der Waals surface area contributed by atoms with Crippen LogP contribution in [0.25, 0.3) is 0 Å². The molecule has 0 atom stereocenters. The maximum atomic E-state index is 14.1. The zero-order valence-corrected chi connectivity index (χ0v) is 12.0. The molecule has 1 aliphatic carbocycles. The number of hydrogen-bond donors (Lipinski definition) is 1. The van der Waals surface area contributed by atoms with Crippen molar-refractivity contribution in [2.24, 2.45) is 0 Å². The first-order chi connectivity index (χ1) is 10.2. The van der Waals surface area contributed by atoms with Crippen LogP contribution in [0.5, 0.6) is 0 Å². The number of para-hydroxylation sites is 1. The molecule has 1 aromatic rings. The number of rotatable bonds is 5. The summed E-state index contributed by atoms with van der Waals surface area (Å²) in [6, 6.07) is 5.62. The van der Waals surface area contributed by atoms with Crippen LogP contribution in [0.2, 0.25) is 0 Å². The first-order valence-corrected chi connectivity index (χ1v) is 6.77. The molecule has 0 bridgehead atoms. The van der Waals surface area contributed by atoms with Crippen LogP contribution in [-0.4, -0.2) is 39.4 Å². The Morgan fingerprint density at radius 1 is 1.45 bits per heavy atom. The summed E-state index contributed by atoms with van der Waals surface area (Å²) in [5.74, 6) is -5.43. The first kappa shape index (κ1) is 16.3. The largest absolute Gasteiger partial charge is 0.383 e. The van der Waals surface area contributed by atoms with Gasteiger partial charge in [0.25, 0.3) is 11.6 Å². The summed E-state index contributed by atoms with van der Waals surface area (Å²) in [6.45, 7) is -0.332. The van der Waals surface area contributed by atoms with Gasteiger partial charge in [0.15, 0.2) is 0 Å². The van der Waals surface area contributed by atoms with Gasteiger partial charge in [0.1, 0.15) is 5.60 Å². The van der Waals surface area contributed by atoms with Crippen LogP contribution in [-0.2, 0) is 11.3 Å². The van der Waals surface area contributed by atoms with Gasteiger partial charge in [-0.15, -0.1) is 0 Å². The highest BCUT2D eigenvalue weighted by Crippen LogP contribution is 2.45. The van der Waals surface area contributed by atoms with Gasteiger partial charge in [0.05, 0.1) is 11.5 Å². The number of hydrogen-bond acceptors (Lipinski definition) is 4. The fourth-order valence-corrected chi connectivity index (χ4v) is 2.41. The maximum Gasteiger partial charge on any atom is 0.352 e. The van der Waals surface area contributed by atoms with E-state index >= 15 is 0 Å². The van der Waals surface area contributed by atoms with E-state index in [1.165, 1.54) is 24.3 Å². The second-order valence-electron chi connectivity index (χ2n) is 5.51. The van der Waals surface area contributed by atoms with Gasteiger partial charge in [-0.25, -0.2) is 0 Å². The third-order valence-electron chi connectivity index (χ3n) is 3.98. The number of halogens is 2. The molecule has 2 rings (SSSR count). The van der Waals surface area contributed by atoms with Crippen molar-refractivity contribution in [3.63, 3.8) is 0 Å². The predicted molar refractivity (Wildman–Crippen MR) is 73.3 cm³/mol. The molecule has 1 aromatic carbocycles. The van der Waals surface area contributed by atoms with Crippen molar-refractivity contribution >= 4 is 11.6 Å². The van der Waals surface area contributed by atoms with Crippen molar-refractivity contribution < 1.29 is 23.6 Å². The maximum absolute atomic E-state index is 14.1. The van der Waals surface area contributed by atoms with Crippen molar-refractivity contribution in [3.8, 4) is 0 Å². The summed E-state index contributed by atoms with van der Waals surface area (Å²) in [6.07, 6.45) is 0.170. The molecule has 0 spiro atoms. The quantitative estimate of drug-likeness (QED) is 0.666. The van der Waals surface area contributed by atoms with Crippen LogP contribution in [0.4, 0.5) is 14.5 Å². The number of nitro benzene ring substituents is 1. The van der Waals surface area contributed by atoms with Gasteiger partial charge in [-0.3, -0.25) is 14.9 Å². The van der Waals surface area contributed by atoms with Crippen molar-refractivity contribution in [2.45, 2.75) is 37.3 Å². The number of benzene rings is 1. The zero-order chi connectivity index (χ0) is 16.5. The fraction of sp³-hybridized carbons (Fsp3) is 0.500. The Hall–Kier alpha value is -2.09. The van der Waals surface area contributed by atoms with E-state index in [-0.39, 0.29) is 30.6 Å². The average Bonchev–Trinajstić information content (AvgIpc) is 2.43. The molecule has 22 heavy (non-hydrogen) atoms. The van der Waals surface area contributed by atoms with Crippen LogP contribution >= 0.6 is 0 Å². The number of carbonyl (C=O) groups excluding carboxylic acids is 1. The van der Waals surface area contributed by atoms with Gasteiger partial charge in [-0.1, -0.05) is 18.2 Å². The molecule has 1 saturated carbocycles.